The molecule has 2 aliphatic rings. The van der Waals surface area contributed by atoms with Gasteiger partial charge in [-0.25, -0.2) is 33.2 Å². The van der Waals surface area contributed by atoms with Gasteiger partial charge in [-0.15, -0.1) is 0 Å². The van der Waals surface area contributed by atoms with Gasteiger partial charge in [0.1, 0.15) is 55.7 Å². The number of hydrogen-bond acceptors (Lipinski definition) is 35. The van der Waals surface area contributed by atoms with E-state index < -0.39 is 88.5 Å². The smallest absolute Gasteiger partial charge is 0.508 e. The molecule has 5 unspecified atom stereocenters. The SMILES string of the molecule is C=P(O)(OCCCCCCSSCCCCCO)OCCOOOOO/C=C/OP(=O)(O)OCC(CCCCNC(=O)c1ccc(-c2c3ccc(=O)cc-3oc3cc(O)ccc23)c(C(=O)O)c1)COP(=O)(O)OCCOOOOO/C=C/OP(=O)(O)OCCOOOOO/C=C/C. The molecule has 0 aromatic heterocycles. The summed E-state index contributed by atoms with van der Waals surface area (Å²) in [6.07, 6.45) is 15.4. The molecule has 0 radical (unpaired) electrons. The number of amides is 1. The summed E-state index contributed by atoms with van der Waals surface area (Å²) in [7, 11) is -14.2. The van der Waals surface area contributed by atoms with Gasteiger partial charge in [0.25, 0.3) is 5.91 Å². The lowest BCUT2D eigenvalue weighted by Crippen LogP contribution is -2.25. The minimum absolute atomic E-state index is 0.000127. The van der Waals surface area contributed by atoms with Crippen LogP contribution in [0.5, 0.6) is 5.75 Å². The predicted octanol–water partition coefficient (Wildman–Crippen LogP) is 9.92. The normalized spacial score (nSPS) is 14.7. The van der Waals surface area contributed by atoms with E-state index in [2.05, 4.69) is 95.3 Å². The van der Waals surface area contributed by atoms with Crippen LogP contribution in [0.1, 0.15) is 91.8 Å². The summed E-state index contributed by atoms with van der Waals surface area (Å²) in [5.41, 5.74) is 0.410. The number of carboxylic acid groups (broad SMARTS) is 1. The van der Waals surface area contributed by atoms with Crippen LogP contribution in [0.2, 0.25) is 0 Å². The van der Waals surface area contributed by atoms with Crippen molar-refractivity contribution in [1.29, 1.82) is 0 Å². The van der Waals surface area contributed by atoms with E-state index in [0.29, 0.717) is 48.0 Å². The molecule has 546 valence electrons. The second-order valence-electron chi connectivity index (χ2n) is 18.9. The number of rotatable bonds is 59. The molecule has 1 aliphatic heterocycles. The fraction of sp³-hybridized carbons (Fsp3) is 0.472. The van der Waals surface area contributed by atoms with Crippen molar-refractivity contribution in [3.05, 3.63) is 113 Å². The van der Waals surface area contributed by atoms with E-state index in [-0.39, 0.29) is 91.4 Å². The van der Waals surface area contributed by atoms with Crippen molar-refractivity contribution in [2.75, 3.05) is 84.1 Å². The fourth-order valence-corrected chi connectivity index (χ4v) is 12.6. The molecule has 0 saturated heterocycles. The third kappa shape index (κ3) is 37.7. The number of phosphoric acid groups is 3. The van der Waals surface area contributed by atoms with Crippen LogP contribution >= 0.6 is 52.6 Å². The number of phenolic OH excluding ortho intramolecular Hbond substituents is 1. The molecular formula is C53H75NO37P4S2. The van der Waals surface area contributed by atoms with Crippen molar-refractivity contribution in [1.82, 2.24) is 5.32 Å². The Morgan fingerprint density at radius 3 is 1.76 bits per heavy atom. The summed E-state index contributed by atoms with van der Waals surface area (Å²) in [5, 5.41) is 69.3. The molecule has 4 rings (SSSR count). The van der Waals surface area contributed by atoms with Crippen LogP contribution < -0.4 is 10.7 Å². The van der Waals surface area contributed by atoms with E-state index in [4.69, 9.17) is 36.7 Å². The van der Waals surface area contributed by atoms with Gasteiger partial charge in [0.2, 0.25) is 7.57 Å². The van der Waals surface area contributed by atoms with Crippen LogP contribution in [0.15, 0.2) is 101 Å². The van der Waals surface area contributed by atoms with E-state index in [9.17, 15) is 57.9 Å². The molecule has 1 amide bonds. The quantitative estimate of drug-likeness (QED) is 0.00387. The van der Waals surface area contributed by atoms with Crippen LogP contribution in [0.25, 0.3) is 33.4 Å². The molecule has 0 bridgehead atoms. The number of aromatic carboxylic acids is 1. The van der Waals surface area contributed by atoms with Gasteiger partial charge in [-0.3, -0.25) is 37.5 Å². The largest absolute Gasteiger partial charge is 0.527 e. The monoisotopic (exact) mass is 1510 g/mol. The minimum Gasteiger partial charge on any atom is -0.508 e. The van der Waals surface area contributed by atoms with E-state index in [1.807, 2.05) is 21.6 Å². The Hall–Kier alpha value is -5.14. The van der Waals surface area contributed by atoms with Gasteiger partial charge >= 0.3 is 29.4 Å². The number of allylic oxidation sites excluding steroid dienone is 1. The lowest BCUT2D eigenvalue weighted by atomic mass is 9.90. The third-order valence-corrected chi connectivity index (χ3v) is 18.1. The lowest BCUT2D eigenvalue weighted by molar-refractivity contribution is -0.700. The summed E-state index contributed by atoms with van der Waals surface area (Å²) < 4.78 is 82.5. The molecule has 44 heteroatoms. The van der Waals surface area contributed by atoms with Gasteiger partial charge in [-0.1, -0.05) is 53.3 Å². The number of aromatic hydroxyl groups is 1. The average molecular weight is 1510 g/mol. The summed E-state index contributed by atoms with van der Waals surface area (Å²) in [5.74, 6) is -0.931. The molecule has 2 aromatic carbocycles. The molecule has 1 aliphatic carbocycles. The predicted molar refractivity (Wildman–Crippen MR) is 335 cm³/mol. The summed E-state index contributed by atoms with van der Waals surface area (Å²) in [6.45, 7) is -1.97. The zero-order valence-electron chi connectivity index (χ0n) is 51.7. The molecule has 2 aromatic rings. The topological polar surface area (TPSA) is 481 Å². The van der Waals surface area contributed by atoms with Crippen molar-refractivity contribution >= 4 is 81.8 Å². The Morgan fingerprint density at radius 1 is 0.588 bits per heavy atom. The van der Waals surface area contributed by atoms with E-state index in [0.717, 1.165) is 56.3 Å². The maximum atomic E-state index is 13.4. The minimum atomic E-state index is -4.96. The number of aliphatic hydroxyl groups excluding tert-OH is 1. The highest BCUT2D eigenvalue weighted by atomic mass is 33.1. The lowest BCUT2D eigenvalue weighted by Gasteiger charge is -2.20. The Balaban J connectivity index is 1.19. The Labute approximate surface area is 561 Å². The van der Waals surface area contributed by atoms with Crippen LogP contribution in [0.4, 0.5) is 0 Å². The first-order valence-corrected chi connectivity index (χ1v) is 37.5. The van der Waals surface area contributed by atoms with Crippen LogP contribution in [-0.4, -0.2) is 137 Å². The maximum Gasteiger partial charge on any atom is 0.527 e. The first kappa shape index (κ1) is 84.3. The zero-order valence-corrected chi connectivity index (χ0v) is 56.9. The van der Waals surface area contributed by atoms with Crippen molar-refractivity contribution in [2.24, 2.45) is 5.92 Å². The number of carboxylic acids is 1. The number of unbranched alkanes of at least 4 members (excludes halogenated alkanes) is 6. The molecule has 0 fully saturated rings. The Morgan fingerprint density at radius 2 is 1.14 bits per heavy atom. The number of nitrogens with one attached hydrogen (secondary N) is 1. The molecule has 97 heavy (non-hydrogen) atoms. The van der Waals surface area contributed by atoms with Gasteiger partial charge in [-0.05, 0) is 115 Å². The van der Waals surface area contributed by atoms with Gasteiger partial charge in [0.05, 0.1) is 45.2 Å². The molecule has 0 saturated carbocycles. The molecule has 38 nitrogen and oxygen atoms in total. The number of carbonyl (C=O) groups is 2. The molecule has 0 spiro atoms. The summed E-state index contributed by atoms with van der Waals surface area (Å²) in [6, 6.07) is 12.2. The van der Waals surface area contributed by atoms with Crippen molar-refractivity contribution in [2.45, 2.75) is 71.1 Å². The van der Waals surface area contributed by atoms with Crippen molar-refractivity contribution < 1.29 is 173 Å². The van der Waals surface area contributed by atoms with Gasteiger partial charge in [0.15, 0.2) is 18.0 Å². The molecule has 8 N–H and O–H groups in total. The fourth-order valence-electron chi connectivity index (χ4n) is 7.44. The molecule has 5 atom stereocenters. The number of carbonyl (C=O) groups excluding carboxylic acids is 1. The maximum absolute atomic E-state index is 13.4. The van der Waals surface area contributed by atoms with Crippen LogP contribution in [0, 0.1) is 5.92 Å². The number of aliphatic hydroxyl groups is 1. The first-order valence-electron chi connectivity index (χ1n) is 28.8. The molecular weight excluding hydrogens is 1430 g/mol. The second-order valence-corrected chi connectivity index (χ2v) is 27.7. The summed E-state index contributed by atoms with van der Waals surface area (Å²) >= 11 is 0. The van der Waals surface area contributed by atoms with E-state index in [1.165, 1.54) is 60.7 Å². The highest BCUT2D eigenvalue weighted by molar-refractivity contribution is 8.76. The second kappa shape index (κ2) is 48.6. The number of hydrogen-bond donors (Lipinski definition) is 8. The van der Waals surface area contributed by atoms with E-state index in [1.54, 1.807) is 6.92 Å². The standard InChI is InChI=1S/C53H75NO37P4S2/c1-3-22-68-83-89-85-70-25-30-76-93(62,63)77-31-26-71-86-91-88-73-28-33-79-95(66,67)81-40-41(39-80-94(64,65)78-32-27-72-87-90-84-69-24-29-75-92(2,61)74-23-10-4-5-11-34-96-97-35-12-6-9-21-55)13-7-8-20-54-52(58)42-14-17-45(48(36-42)53(59)60)51-46-18-15-43(56)37-49(46)82-50-38-44(57)16-19-47(50)51/h3,14-19,22,26-27,31-32,36-38,41,55-56,61H,2,4-13,20-21,23-25,28-30,33-35,39-40H2,1H3,(H,54,58)(H,59,60)(H,62,63)(H,64,65)(H,66,67)/b22-3+,31-26+,32-27+. The average Bonchev–Trinajstić information content (AvgIpc) is 0.750. The van der Waals surface area contributed by atoms with Crippen LogP contribution in [0.3, 0.4) is 0 Å². The van der Waals surface area contributed by atoms with Crippen molar-refractivity contribution in [3.63, 3.8) is 0 Å². The number of phosphoric ester groups is 3. The Bertz CT molecular complexity index is 3240. The summed E-state index contributed by atoms with van der Waals surface area (Å²) in [4.78, 5) is 106. The highest BCUT2D eigenvalue weighted by Gasteiger charge is 2.29. The highest BCUT2D eigenvalue weighted by Crippen LogP contribution is 2.48. The third-order valence-electron chi connectivity index (χ3n) is 11.6. The molecule has 1 heterocycles. The van der Waals surface area contributed by atoms with Crippen LogP contribution in [-0.2, 0) is 125 Å². The number of fused-ring (bicyclic) bond motifs is 2. The first-order chi connectivity index (χ1) is 46.6. The Kier molecular flexibility index (Phi) is 42.2. The number of phenols is 1. The zero-order chi connectivity index (χ0) is 70.5. The van der Waals surface area contributed by atoms with E-state index >= 15 is 0 Å². The van der Waals surface area contributed by atoms with Gasteiger partial charge in [0, 0.05) is 95.0 Å². The number of benzene rings is 3. The van der Waals surface area contributed by atoms with Gasteiger partial charge in [-0.2, -0.15) is 0 Å². The van der Waals surface area contributed by atoms with Gasteiger partial charge < -0.3 is 67.6 Å². The van der Waals surface area contributed by atoms with Crippen molar-refractivity contribution in [3.8, 4) is 28.2 Å².